The van der Waals surface area contributed by atoms with Gasteiger partial charge in [-0.15, -0.1) is 16.9 Å². The van der Waals surface area contributed by atoms with Crippen molar-refractivity contribution >= 4 is 17.7 Å². The number of benzene rings is 1. The summed E-state index contributed by atoms with van der Waals surface area (Å²) in [6.07, 6.45) is -1.93. The summed E-state index contributed by atoms with van der Waals surface area (Å²) in [6.45, 7) is 2.24. The number of thioether (sulfide) groups is 1. The molecule has 0 spiro atoms. The fourth-order valence-corrected chi connectivity index (χ4v) is 6.17. The quantitative estimate of drug-likeness (QED) is 0.365. The normalized spacial score (nSPS) is 28.6. The molecule has 1 aromatic heterocycles. The molecule has 2 aliphatic heterocycles. The molecule has 2 aromatic rings. The maximum atomic E-state index is 13.7. The first-order valence-corrected chi connectivity index (χ1v) is 13.1. The third kappa shape index (κ3) is 5.82. The molecule has 4 N–H and O–H groups in total. The first-order valence-electron chi connectivity index (χ1n) is 12.2. The Bertz CT molecular complexity index is 1070. The van der Waals surface area contributed by atoms with Crippen molar-refractivity contribution in [1.82, 2.24) is 19.9 Å². The van der Waals surface area contributed by atoms with Crippen LogP contribution in [0.15, 0.2) is 30.5 Å². The molecule has 2 saturated heterocycles. The lowest BCUT2D eigenvalue weighted by atomic mass is 9.89. The Morgan fingerprint density at radius 1 is 1.32 bits per heavy atom. The molecule has 0 aliphatic carbocycles. The molecule has 1 aromatic carbocycles. The fourth-order valence-electron chi connectivity index (χ4n) is 4.59. The van der Waals surface area contributed by atoms with E-state index in [0.717, 1.165) is 11.8 Å². The van der Waals surface area contributed by atoms with Gasteiger partial charge in [-0.05, 0) is 19.1 Å². The highest BCUT2D eigenvalue weighted by Crippen LogP contribution is 2.42. The van der Waals surface area contributed by atoms with Crippen LogP contribution in [-0.4, -0.2) is 114 Å². The van der Waals surface area contributed by atoms with E-state index >= 15 is 0 Å². The maximum Gasteiger partial charge on any atom is 0.238 e. The Hall–Kier alpha value is -2.13. The van der Waals surface area contributed by atoms with Crippen LogP contribution in [0.25, 0.3) is 11.3 Å². The van der Waals surface area contributed by atoms with Crippen molar-refractivity contribution in [3.63, 3.8) is 0 Å². The summed E-state index contributed by atoms with van der Waals surface area (Å²) in [5.41, 5.74) is -1.71. The van der Waals surface area contributed by atoms with Gasteiger partial charge >= 0.3 is 0 Å². The van der Waals surface area contributed by atoms with Gasteiger partial charge in [0.05, 0.1) is 18.4 Å². The first-order chi connectivity index (χ1) is 17.7. The van der Waals surface area contributed by atoms with Crippen LogP contribution in [0.4, 0.5) is 4.39 Å². The molecule has 2 fully saturated rings. The summed E-state index contributed by atoms with van der Waals surface area (Å²) in [5.74, 6) is -0.779. The topological polar surface area (TPSA) is 150 Å². The van der Waals surface area contributed by atoms with Crippen LogP contribution in [0.3, 0.4) is 0 Å². The lowest BCUT2D eigenvalue weighted by Crippen LogP contribution is -2.58. The van der Waals surface area contributed by atoms with E-state index in [0.29, 0.717) is 17.8 Å². The number of carbonyl (C=O) groups excluding carboxylic acids is 1. The van der Waals surface area contributed by atoms with Crippen molar-refractivity contribution < 1.29 is 39.1 Å². The lowest BCUT2D eigenvalue weighted by molar-refractivity contribution is -0.179. The van der Waals surface area contributed by atoms with E-state index in [1.54, 1.807) is 13.1 Å². The summed E-state index contributed by atoms with van der Waals surface area (Å²) in [4.78, 5) is 14.8. The maximum absolute atomic E-state index is 13.7. The van der Waals surface area contributed by atoms with Crippen LogP contribution in [0.2, 0.25) is 0 Å². The fraction of sp³-hybridized carbons (Fsp3) is 0.625. The van der Waals surface area contributed by atoms with Crippen LogP contribution in [0, 0.1) is 5.82 Å². The first kappa shape index (κ1) is 27.9. The predicted molar refractivity (Wildman–Crippen MR) is 132 cm³/mol. The van der Waals surface area contributed by atoms with E-state index in [1.807, 2.05) is 6.92 Å². The van der Waals surface area contributed by atoms with Gasteiger partial charge in [0.1, 0.15) is 46.6 Å². The Balaban J connectivity index is 1.63. The minimum Gasteiger partial charge on any atom is -0.394 e. The minimum absolute atomic E-state index is 0.229. The number of carbonyl (C=O) groups is 1. The average Bonchev–Trinajstić information content (AvgIpc) is 3.37. The number of aliphatic hydroxyl groups excluding tert-OH is 3. The van der Waals surface area contributed by atoms with Crippen molar-refractivity contribution in [3.05, 3.63) is 36.3 Å². The van der Waals surface area contributed by atoms with E-state index in [-0.39, 0.29) is 32.0 Å². The highest BCUT2D eigenvalue weighted by Gasteiger charge is 2.51. The van der Waals surface area contributed by atoms with E-state index in [4.69, 9.17) is 9.47 Å². The van der Waals surface area contributed by atoms with Crippen LogP contribution < -0.4 is 0 Å². The zero-order valence-corrected chi connectivity index (χ0v) is 21.5. The van der Waals surface area contributed by atoms with Gasteiger partial charge in [0.2, 0.25) is 5.91 Å². The number of halogens is 1. The molecular formula is C24H33FN4O7S. The highest BCUT2D eigenvalue weighted by molar-refractivity contribution is 8.01. The SMILES string of the molecule is CCN(C)C(=O)C(S[C@@H]1O[C@H](CO)[C@H](O)[C@H](n2cc(-c3cccc(F)c3)nn2)[C@H]1O)C1(O)CCOCC1. The van der Waals surface area contributed by atoms with Gasteiger partial charge in [-0.25, -0.2) is 9.07 Å². The molecule has 6 atom stereocenters. The van der Waals surface area contributed by atoms with E-state index in [9.17, 15) is 29.6 Å². The van der Waals surface area contributed by atoms with Crippen molar-refractivity contribution in [2.45, 2.75) is 60.4 Å². The molecule has 3 heterocycles. The Morgan fingerprint density at radius 3 is 2.70 bits per heavy atom. The number of ether oxygens (including phenoxy) is 2. The number of nitrogens with zero attached hydrogens (tertiary/aromatic N) is 4. The van der Waals surface area contributed by atoms with E-state index < -0.39 is 53.1 Å². The van der Waals surface area contributed by atoms with Crippen LogP contribution in [-0.2, 0) is 14.3 Å². The second-order valence-electron chi connectivity index (χ2n) is 9.38. The second kappa shape index (κ2) is 11.7. The monoisotopic (exact) mass is 540 g/mol. The number of aliphatic hydroxyl groups is 4. The minimum atomic E-state index is -1.40. The second-order valence-corrected chi connectivity index (χ2v) is 10.6. The molecular weight excluding hydrogens is 507 g/mol. The summed E-state index contributed by atoms with van der Waals surface area (Å²) in [5, 5.41) is 50.7. The number of hydrogen-bond donors (Lipinski definition) is 4. The van der Waals surface area contributed by atoms with E-state index in [1.165, 1.54) is 34.0 Å². The Morgan fingerprint density at radius 2 is 2.05 bits per heavy atom. The molecule has 0 bridgehead atoms. The molecule has 37 heavy (non-hydrogen) atoms. The molecule has 4 rings (SSSR count). The van der Waals surface area contributed by atoms with Gasteiger partial charge in [-0.3, -0.25) is 4.79 Å². The summed E-state index contributed by atoms with van der Waals surface area (Å²) in [6, 6.07) is 4.67. The third-order valence-electron chi connectivity index (χ3n) is 6.98. The number of rotatable bonds is 8. The molecule has 2 aliphatic rings. The van der Waals surface area contributed by atoms with Crippen LogP contribution >= 0.6 is 11.8 Å². The standard InChI is InChI=1S/C24H33FN4O7S/c1-3-28(2)22(33)21(24(34)7-9-35-10-8-24)37-23-20(32)18(19(31)17(13-30)36-23)29-12-16(26-27-29)14-5-4-6-15(25)11-14/h4-6,11-12,17-21,23,30-32,34H,3,7-10,13H2,1-2H3/t17-,18+,19+,20-,21?,23+/m1/s1. The molecule has 13 heteroatoms. The Kier molecular flexibility index (Phi) is 8.84. The zero-order valence-electron chi connectivity index (χ0n) is 20.7. The van der Waals surface area contributed by atoms with Gasteiger partial charge < -0.3 is 34.8 Å². The van der Waals surface area contributed by atoms with E-state index in [2.05, 4.69) is 10.3 Å². The predicted octanol–water partition coefficient (Wildman–Crippen LogP) is 0.186. The molecule has 1 amide bonds. The van der Waals surface area contributed by atoms with Crippen molar-refractivity contribution in [3.8, 4) is 11.3 Å². The number of hydrogen-bond acceptors (Lipinski definition) is 10. The molecule has 204 valence electrons. The van der Waals surface area contributed by atoms with Gasteiger partial charge in [-0.1, -0.05) is 17.3 Å². The lowest BCUT2D eigenvalue weighted by Gasteiger charge is -2.45. The third-order valence-corrected chi connectivity index (χ3v) is 8.55. The van der Waals surface area contributed by atoms with Crippen LogP contribution in [0.1, 0.15) is 25.8 Å². The summed E-state index contributed by atoms with van der Waals surface area (Å²) < 4.78 is 26.2. The molecule has 11 nitrogen and oxygen atoms in total. The van der Waals surface area contributed by atoms with Gasteiger partial charge in [0.15, 0.2) is 0 Å². The van der Waals surface area contributed by atoms with Gasteiger partial charge in [-0.2, -0.15) is 0 Å². The number of amides is 1. The summed E-state index contributed by atoms with van der Waals surface area (Å²) in [7, 11) is 1.63. The number of aromatic nitrogens is 3. The van der Waals surface area contributed by atoms with Crippen molar-refractivity contribution in [2.75, 3.05) is 33.4 Å². The largest absolute Gasteiger partial charge is 0.394 e. The van der Waals surface area contributed by atoms with Gasteiger partial charge in [0, 0.05) is 45.2 Å². The smallest absolute Gasteiger partial charge is 0.238 e. The Labute approximate surface area is 218 Å². The molecule has 0 radical (unpaired) electrons. The summed E-state index contributed by atoms with van der Waals surface area (Å²) >= 11 is 0.953. The average molecular weight is 541 g/mol. The highest BCUT2D eigenvalue weighted by atomic mass is 32.2. The van der Waals surface area contributed by atoms with Crippen LogP contribution in [0.5, 0.6) is 0 Å². The zero-order chi connectivity index (χ0) is 26.7. The van der Waals surface area contributed by atoms with Crippen molar-refractivity contribution in [1.29, 1.82) is 0 Å². The van der Waals surface area contributed by atoms with Crippen molar-refractivity contribution in [2.24, 2.45) is 0 Å². The molecule has 1 unspecified atom stereocenters. The molecule has 0 saturated carbocycles. The van der Waals surface area contributed by atoms with Gasteiger partial charge in [0.25, 0.3) is 0 Å².